The molecule has 0 aliphatic heterocycles. The standard InChI is InChI=1S/C24H21ClN2O5/c1-3-31-18-11-9-17(10-12-18)23(28)27-26-15-16-8-13-21(22(14-16)30-2)32-24(29)19-6-4-5-7-20(19)25/h4-15H,3H2,1-2H3,(H,27,28)/b26-15-. The van der Waals surface area contributed by atoms with Gasteiger partial charge >= 0.3 is 5.97 Å². The fourth-order valence-corrected chi connectivity index (χ4v) is 2.94. The van der Waals surface area contributed by atoms with Gasteiger partial charge in [0.15, 0.2) is 11.5 Å². The Hall–Kier alpha value is -3.84. The molecule has 1 amide bonds. The molecule has 8 heteroatoms. The summed E-state index contributed by atoms with van der Waals surface area (Å²) in [5, 5.41) is 4.26. The second-order valence-electron chi connectivity index (χ2n) is 6.44. The van der Waals surface area contributed by atoms with Crippen LogP contribution in [-0.2, 0) is 0 Å². The zero-order chi connectivity index (χ0) is 22.9. The second-order valence-corrected chi connectivity index (χ2v) is 6.84. The zero-order valence-electron chi connectivity index (χ0n) is 17.5. The third-order valence-electron chi connectivity index (χ3n) is 4.29. The van der Waals surface area contributed by atoms with Crippen LogP contribution in [0.4, 0.5) is 0 Å². The molecule has 0 aliphatic carbocycles. The lowest BCUT2D eigenvalue weighted by molar-refractivity contribution is 0.0729. The molecule has 7 nitrogen and oxygen atoms in total. The van der Waals surface area contributed by atoms with Gasteiger partial charge in [-0.3, -0.25) is 4.79 Å². The van der Waals surface area contributed by atoms with E-state index < -0.39 is 5.97 Å². The molecule has 0 unspecified atom stereocenters. The maximum absolute atomic E-state index is 12.4. The summed E-state index contributed by atoms with van der Waals surface area (Å²) in [4.78, 5) is 24.6. The SMILES string of the molecule is CCOc1ccc(C(=O)N/N=C\c2ccc(OC(=O)c3ccccc3Cl)c(OC)c2)cc1. The summed E-state index contributed by atoms with van der Waals surface area (Å²) in [5.41, 5.74) is 3.79. The number of hydrogen-bond acceptors (Lipinski definition) is 6. The molecular weight excluding hydrogens is 432 g/mol. The summed E-state index contributed by atoms with van der Waals surface area (Å²) in [6.07, 6.45) is 1.45. The molecule has 0 bridgehead atoms. The molecular formula is C24H21ClN2O5. The van der Waals surface area contributed by atoms with Crippen molar-refractivity contribution in [3.63, 3.8) is 0 Å². The van der Waals surface area contributed by atoms with E-state index >= 15 is 0 Å². The molecule has 0 saturated heterocycles. The highest BCUT2D eigenvalue weighted by molar-refractivity contribution is 6.33. The van der Waals surface area contributed by atoms with Crippen molar-refractivity contribution in [2.75, 3.05) is 13.7 Å². The van der Waals surface area contributed by atoms with Gasteiger partial charge in [0.05, 0.1) is 30.5 Å². The average Bonchev–Trinajstić information content (AvgIpc) is 2.80. The number of hydrazone groups is 1. The van der Waals surface area contributed by atoms with Crippen molar-refractivity contribution in [3.8, 4) is 17.2 Å². The number of nitrogens with zero attached hydrogens (tertiary/aromatic N) is 1. The number of esters is 1. The van der Waals surface area contributed by atoms with Gasteiger partial charge in [-0.1, -0.05) is 23.7 Å². The molecule has 3 rings (SSSR count). The zero-order valence-corrected chi connectivity index (χ0v) is 18.3. The van der Waals surface area contributed by atoms with Crippen molar-refractivity contribution in [2.24, 2.45) is 5.10 Å². The largest absolute Gasteiger partial charge is 0.494 e. The number of amides is 1. The maximum atomic E-state index is 12.4. The van der Waals surface area contributed by atoms with E-state index in [9.17, 15) is 9.59 Å². The minimum absolute atomic E-state index is 0.230. The molecule has 0 aromatic heterocycles. The van der Waals surface area contributed by atoms with Gasteiger partial charge in [-0.25, -0.2) is 10.2 Å². The van der Waals surface area contributed by atoms with Crippen molar-refractivity contribution in [2.45, 2.75) is 6.92 Å². The predicted molar refractivity (Wildman–Crippen MR) is 122 cm³/mol. The lowest BCUT2D eigenvalue weighted by Gasteiger charge is -2.10. The van der Waals surface area contributed by atoms with Gasteiger partial charge < -0.3 is 14.2 Å². The Morgan fingerprint density at radius 1 is 1.03 bits per heavy atom. The van der Waals surface area contributed by atoms with E-state index in [1.807, 2.05) is 6.92 Å². The average molecular weight is 453 g/mol. The third-order valence-corrected chi connectivity index (χ3v) is 4.62. The van der Waals surface area contributed by atoms with Gasteiger partial charge in [-0.05, 0) is 67.1 Å². The lowest BCUT2D eigenvalue weighted by atomic mass is 10.2. The van der Waals surface area contributed by atoms with E-state index in [0.29, 0.717) is 34.3 Å². The Balaban J connectivity index is 1.65. The highest BCUT2D eigenvalue weighted by Gasteiger charge is 2.15. The van der Waals surface area contributed by atoms with E-state index in [1.54, 1.807) is 66.7 Å². The van der Waals surface area contributed by atoms with Crippen molar-refractivity contribution in [1.82, 2.24) is 5.43 Å². The van der Waals surface area contributed by atoms with Crippen LogP contribution < -0.4 is 19.6 Å². The van der Waals surface area contributed by atoms with Crippen LogP contribution in [0, 0.1) is 0 Å². The Kier molecular flexibility index (Phi) is 7.83. The van der Waals surface area contributed by atoms with Gasteiger partial charge in [0.2, 0.25) is 0 Å². The number of carbonyl (C=O) groups excluding carboxylic acids is 2. The molecule has 0 spiro atoms. The Morgan fingerprint density at radius 3 is 2.47 bits per heavy atom. The first-order chi connectivity index (χ1) is 15.5. The summed E-state index contributed by atoms with van der Waals surface area (Å²) in [6, 6.07) is 18.2. The summed E-state index contributed by atoms with van der Waals surface area (Å²) < 4.78 is 16.1. The third kappa shape index (κ3) is 5.86. The summed E-state index contributed by atoms with van der Waals surface area (Å²) in [5.74, 6) is 0.287. The van der Waals surface area contributed by atoms with Crippen LogP contribution in [0.15, 0.2) is 71.8 Å². The number of hydrogen-bond donors (Lipinski definition) is 1. The van der Waals surface area contributed by atoms with E-state index in [4.69, 9.17) is 25.8 Å². The first-order valence-corrected chi connectivity index (χ1v) is 10.1. The topological polar surface area (TPSA) is 86.2 Å². The summed E-state index contributed by atoms with van der Waals surface area (Å²) in [6.45, 7) is 2.44. The number of methoxy groups -OCH3 is 1. The monoisotopic (exact) mass is 452 g/mol. The van der Waals surface area contributed by atoms with Gasteiger partial charge in [-0.2, -0.15) is 5.10 Å². The Morgan fingerprint density at radius 2 is 1.78 bits per heavy atom. The van der Waals surface area contributed by atoms with Gasteiger partial charge in [0, 0.05) is 5.56 Å². The van der Waals surface area contributed by atoms with Crippen molar-refractivity contribution in [1.29, 1.82) is 0 Å². The molecule has 32 heavy (non-hydrogen) atoms. The second kappa shape index (κ2) is 11.0. The lowest BCUT2D eigenvalue weighted by Crippen LogP contribution is -2.17. The van der Waals surface area contributed by atoms with E-state index in [0.717, 1.165) is 0 Å². The first-order valence-electron chi connectivity index (χ1n) is 9.72. The molecule has 1 N–H and O–H groups in total. The van der Waals surface area contributed by atoms with E-state index in [2.05, 4.69) is 10.5 Å². The fourth-order valence-electron chi connectivity index (χ4n) is 2.73. The van der Waals surface area contributed by atoms with Gasteiger partial charge in [0.25, 0.3) is 5.91 Å². The maximum Gasteiger partial charge on any atom is 0.345 e. The van der Waals surface area contributed by atoms with Crippen molar-refractivity contribution >= 4 is 29.7 Å². The van der Waals surface area contributed by atoms with Gasteiger partial charge in [-0.15, -0.1) is 0 Å². The number of nitrogens with one attached hydrogen (secondary N) is 1. The summed E-state index contributed by atoms with van der Waals surface area (Å²) >= 11 is 6.04. The number of carbonyl (C=O) groups is 2. The smallest absolute Gasteiger partial charge is 0.345 e. The van der Waals surface area contributed by atoms with Crippen LogP contribution in [0.1, 0.15) is 33.2 Å². The highest BCUT2D eigenvalue weighted by atomic mass is 35.5. The van der Waals surface area contributed by atoms with E-state index in [-0.39, 0.29) is 17.2 Å². The first kappa shape index (κ1) is 22.8. The minimum atomic E-state index is -0.599. The number of benzene rings is 3. The molecule has 0 heterocycles. The Labute approximate surface area is 190 Å². The number of rotatable bonds is 8. The Bertz CT molecular complexity index is 1130. The molecule has 3 aromatic rings. The molecule has 0 atom stereocenters. The number of halogens is 1. The van der Waals surface area contributed by atoms with Crippen LogP contribution in [0.5, 0.6) is 17.2 Å². The highest BCUT2D eigenvalue weighted by Crippen LogP contribution is 2.29. The molecule has 3 aromatic carbocycles. The summed E-state index contributed by atoms with van der Waals surface area (Å²) in [7, 11) is 1.46. The fraction of sp³-hybridized carbons (Fsp3) is 0.125. The molecule has 0 radical (unpaired) electrons. The van der Waals surface area contributed by atoms with Crippen molar-refractivity contribution < 1.29 is 23.8 Å². The van der Waals surface area contributed by atoms with Crippen LogP contribution in [0.25, 0.3) is 0 Å². The molecule has 0 saturated carbocycles. The normalized spacial score (nSPS) is 10.6. The molecule has 0 fully saturated rings. The van der Waals surface area contributed by atoms with Crippen molar-refractivity contribution in [3.05, 3.63) is 88.4 Å². The van der Waals surface area contributed by atoms with Crippen LogP contribution in [0.2, 0.25) is 5.02 Å². The molecule has 164 valence electrons. The van der Waals surface area contributed by atoms with Crippen LogP contribution >= 0.6 is 11.6 Å². The molecule has 0 aliphatic rings. The number of ether oxygens (including phenoxy) is 3. The van der Waals surface area contributed by atoms with Gasteiger partial charge in [0.1, 0.15) is 5.75 Å². The van der Waals surface area contributed by atoms with E-state index in [1.165, 1.54) is 13.3 Å². The van der Waals surface area contributed by atoms with Crippen LogP contribution in [0.3, 0.4) is 0 Å². The van der Waals surface area contributed by atoms with Crippen LogP contribution in [-0.4, -0.2) is 31.8 Å². The quantitative estimate of drug-likeness (QED) is 0.231. The minimum Gasteiger partial charge on any atom is -0.494 e. The predicted octanol–water partition coefficient (Wildman–Crippen LogP) is 4.73.